The molecule has 1 atom stereocenters. The van der Waals surface area contributed by atoms with Gasteiger partial charge in [0.1, 0.15) is 11.6 Å². The summed E-state index contributed by atoms with van der Waals surface area (Å²) < 4.78 is 5.23. The summed E-state index contributed by atoms with van der Waals surface area (Å²) in [6.45, 7) is 9.64. The van der Waals surface area contributed by atoms with Gasteiger partial charge in [-0.2, -0.15) is 0 Å². The molecule has 16 heavy (non-hydrogen) atoms. The lowest BCUT2D eigenvalue weighted by molar-refractivity contribution is -0.160. The van der Waals surface area contributed by atoms with E-state index in [9.17, 15) is 9.59 Å². The second-order valence-electron chi connectivity index (χ2n) is 4.74. The zero-order valence-corrected chi connectivity index (χ0v) is 10.7. The molecule has 2 N–H and O–H groups in total. The van der Waals surface area contributed by atoms with Crippen molar-refractivity contribution in [2.45, 2.75) is 46.3 Å². The highest BCUT2D eigenvalue weighted by molar-refractivity contribution is 5.79. The van der Waals surface area contributed by atoms with E-state index in [-0.39, 0.29) is 12.5 Å². The smallest absolute Gasteiger partial charge is 0.323 e. The van der Waals surface area contributed by atoms with E-state index < -0.39 is 17.6 Å². The van der Waals surface area contributed by atoms with Crippen molar-refractivity contribution in [3.8, 4) is 0 Å². The number of primary amides is 1. The van der Waals surface area contributed by atoms with Gasteiger partial charge >= 0.3 is 5.97 Å². The van der Waals surface area contributed by atoms with Crippen LogP contribution in [0.5, 0.6) is 0 Å². The fourth-order valence-electron chi connectivity index (χ4n) is 1.26. The Bertz CT molecular complexity index is 258. The van der Waals surface area contributed by atoms with Crippen LogP contribution in [-0.2, 0) is 14.3 Å². The first-order chi connectivity index (χ1) is 7.17. The predicted octanol–water partition coefficient (Wildman–Crippen LogP) is 0.524. The Labute approximate surface area is 96.9 Å². The number of hydrogen-bond acceptors (Lipinski definition) is 4. The Kier molecular flexibility index (Phi) is 5.44. The van der Waals surface area contributed by atoms with E-state index in [1.165, 1.54) is 0 Å². The van der Waals surface area contributed by atoms with E-state index in [0.29, 0.717) is 6.54 Å². The molecule has 0 saturated carbocycles. The van der Waals surface area contributed by atoms with Crippen LogP contribution in [0.1, 0.15) is 34.6 Å². The third-order valence-corrected chi connectivity index (χ3v) is 2.06. The molecule has 0 heterocycles. The van der Waals surface area contributed by atoms with Gasteiger partial charge in [-0.3, -0.25) is 14.5 Å². The minimum Gasteiger partial charge on any atom is -0.459 e. The average Bonchev–Trinajstić information content (AvgIpc) is 2.09. The molecule has 94 valence electrons. The third kappa shape index (κ3) is 5.70. The van der Waals surface area contributed by atoms with Gasteiger partial charge in [-0.1, -0.05) is 6.92 Å². The highest BCUT2D eigenvalue weighted by Gasteiger charge is 2.26. The van der Waals surface area contributed by atoms with Crippen LogP contribution in [-0.4, -0.2) is 41.5 Å². The number of rotatable bonds is 5. The molecule has 0 spiro atoms. The van der Waals surface area contributed by atoms with Gasteiger partial charge in [-0.05, 0) is 34.2 Å². The molecular weight excluding hydrogens is 208 g/mol. The van der Waals surface area contributed by atoms with Crippen LogP contribution in [0.4, 0.5) is 0 Å². The van der Waals surface area contributed by atoms with Gasteiger partial charge in [0.25, 0.3) is 0 Å². The lowest BCUT2D eigenvalue weighted by Crippen LogP contribution is -2.46. The number of carbonyl (C=O) groups is 2. The Morgan fingerprint density at radius 1 is 1.38 bits per heavy atom. The fraction of sp³-hybridized carbons (Fsp3) is 0.818. The molecule has 0 bridgehead atoms. The summed E-state index contributed by atoms with van der Waals surface area (Å²) in [5.41, 5.74) is 4.59. The molecule has 0 saturated heterocycles. The maximum Gasteiger partial charge on any atom is 0.323 e. The number of nitrogens with two attached hydrogens (primary N) is 1. The van der Waals surface area contributed by atoms with Gasteiger partial charge in [0.05, 0.1) is 6.54 Å². The number of ether oxygens (including phenoxy) is 1. The van der Waals surface area contributed by atoms with Crippen molar-refractivity contribution in [2.75, 3.05) is 13.1 Å². The van der Waals surface area contributed by atoms with Crippen molar-refractivity contribution in [1.29, 1.82) is 0 Å². The second kappa shape index (κ2) is 5.84. The number of hydrogen-bond donors (Lipinski definition) is 1. The molecule has 0 fully saturated rings. The van der Waals surface area contributed by atoms with Crippen molar-refractivity contribution >= 4 is 11.9 Å². The number of carbonyl (C=O) groups excluding carboxylic acids is 2. The molecular formula is C11H22N2O3. The highest BCUT2D eigenvalue weighted by Crippen LogP contribution is 2.10. The molecule has 5 heteroatoms. The lowest BCUT2D eigenvalue weighted by Gasteiger charge is -2.28. The van der Waals surface area contributed by atoms with E-state index in [1.54, 1.807) is 11.8 Å². The maximum atomic E-state index is 11.7. The molecule has 0 aromatic heterocycles. The second-order valence-corrected chi connectivity index (χ2v) is 4.74. The van der Waals surface area contributed by atoms with Gasteiger partial charge in [0.2, 0.25) is 5.91 Å². The van der Waals surface area contributed by atoms with Crippen LogP contribution < -0.4 is 5.73 Å². The topological polar surface area (TPSA) is 72.6 Å². The Morgan fingerprint density at radius 2 is 1.88 bits per heavy atom. The van der Waals surface area contributed by atoms with Crippen molar-refractivity contribution in [3.05, 3.63) is 0 Å². The Morgan fingerprint density at radius 3 is 2.19 bits per heavy atom. The molecule has 0 aromatic carbocycles. The standard InChI is InChI=1S/C11H22N2O3/c1-6-13(7-9(12)14)8(2)10(15)16-11(3,4)5/h8H,6-7H2,1-5H3,(H2,12,14). The van der Waals surface area contributed by atoms with Gasteiger partial charge in [-0.25, -0.2) is 0 Å². The van der Waals surface area contributed by atoms with E-state index in [4.69, 9.17) is 10.5 Å². The molecule has 0 radical (unpaired) electrons. The first-order valence-corrected chi connectivity index (χ1v) is 5.42. The first-order valence-electron chi connectivity index (χ1n) is 5.42. The zero-order chi connectivity index (χ0) is 12.9. The van der Waals surface area contributed by atoms with Gasteiger partial charge in [0.15, 0.2) is 0 Å². The normalized spacial score (nSPS) is 13.6. The minimum absolute atomic E-state index is 0.0664. The lowest BCUT2D eigenvalue weighted by atomic mass is 10.2. The Hall–Kier alpha value is -1.10. The van der Waals surface area contributed by atoms with Crippen LogP contribution in [0.15, 0.2) is 0 Å². The van der Waals surface area contributed by atoms with Gasteiger partial charge in [0, 0.05) is 0 Å². The van der Waals surface area contributed by atoms with Crippen LogP contribution >= 0.6 is 0 Å². The summed E-state index contributed by atoms with van der Waals surface area (Å²) in [7, 11) is 0. The van der Waals surface area contributed by atoms with Crippen molar-refractivity contribution < 1.29 is 14.3 Å². The summed E-state index contributed by atoms with van der Waals surface area (Å²) in [5, 5.41) is 0. The van der Waals surface area contributed by atoms with Crippen LogP contribution in [0.3, 0.4) is 0 Å². The number of amides is 1. The van der Waals surface area contributed by atoms with E-state index in [2.05, 4.69) is 0 Å². The zero-order valence-electron chi connectivity index (χ0n) is 10.7. The largest absolute Gasteiger partial charge is 0.459 e. The molecule has 0 rings (SSSR count). The molecule has 0 aliphatic carbocycles. The number of likely N-dealkylation sites (N-methyl/N-ethyl adjacent to an activating group) is 1. The minimum atomic E-state index is -0.516. The quantitative estimate of drug-likeness (QED) is 0.699. The molecule has 1 amide bonds. The summed E-state index contributed by atoms with van der Waals surface area (Å²) in [4.78, 5) is 24.2. The molecule has 0 aliphatic rings. The van der Waals surface area contributed by atoms with E-state index in [0.717, 1.165) is 0 Å². The highest BCUT2D eigenvalue weighted by atomic mass is 16.6. The van der Waals surface area contributed by atoms with E-state index in [1.807, 2.05) is 27.7 Å². The number of nitrogens with zero attached hydrogens (tertiary/aromatic N) is 1. The van der Waals surface area contributed by atoms with Gasteiger partial charge in [-0.15, -0.1) is 0 Å². The van der Waals surface area contributed by atoms with Crippen molar-refractivity contribution in [3.63, 3.8) is 0 Å². The summed E-state index contributed by atoms with van der Waals surface area (Å²) in [6, 6.07) is -0.461. The summed E-state index contributed by atoms with van der Waals surface area (Å²) in [5.74, 6) is -0.784. The molecule has 1 unspecified atom stereocenters. The maximum absolute atomic E-state index is 11.7. The molecule has 5 nitrogen and oxygen atoms in total. The average molecular weight is 230 g/mol. The van der Waals surface area contributed by atoms with Crippen LogP contribution in [0.25, 0.3) is 0 Å². The fourth-order valence-corrected chi connectivity index (χ4v) is 1.26. The summed E-state index contributed by atoms with van der Waals surface area (Å²) >= 11 is 0. The van der Waals surface area contributed by atoms with Crippen LogP contribution in [0, 0.1) is 0 Å². The summed E-state index contributed by atoms with van der Waals surface area (Å²) in [6.07, 6.45) is 0. The van der Waals surface area contributed by atoms with Crippen molar-refractivity contribution in [1.82, 2.24) is 4.90 Å². The van der Waals surface area contributed by atoms with Gasteiger partial charge < -0.3 is 10.5 Å². The van der Waals surface area contributed by atoms with E-state index >= 15 is 0 Å². The first kappa shape index (κ1) is 14.9. The van der Waals surface area contributed by atoms with Crippen LogP contribution in [0.2, 0.25) is 0 Å². The monoisotopic (exact) mass is 230 g/mol. The molecule has 0 aromatic rings. The molecule has 0 aliphatic heterocycles. The Balaban J connectivity index is 4.44. The van der Waals surface area contributed by atoms with Crippen molar-refractivity contribution in [2.24, 2.45) is 5.73 Å². The predicted molar refractivity (Wildman–Crippen MR) is 61.7 cm³/mol. The third-order valence-electron chi connectivity index (χ3n) is 2.06. The number of esters is 1. The SMILES string of the molecule is CCN(CC(N)=O)C(C)C(=O)OC(C)(C)C.